The van der Waals surface area contributed by atoms with Gasteiger partial charge in [-0.3, -0.25) is 0 Å². The van der Waals surface area contributed by atoms with Crippen LogP contribution in [0, 0.1) is 0 Å². The van der Waals surface area contributed by atoms with Gasteiger partial charge in [0.1, 0.15) is 19.2 Å². The van der Waals surface area contributed by atoms with E-state index in [1.807, 2.05) is 6.08 Å². The van der Waals surface area contributed by atoms with Gasteiger partial charge in [0.05, 0.1) is 19.1 Å². The van der Waals surface area contributed by atoms with Crippen molar-refractivity contribution in [2.75, 3.05) is 26.2 Å². The summed E-state index contributed by atoms with van der Waals surface area (Å²) in [5.41, 5.74) is 0. The molecule has 0 aromatic carbocycles. The van der Waals surface area contributed by atoms with Crippen molar-refractivity contribution < 1.29 is 19.5 Å². The number of carboxylic acids is 1. The van der Waals surface area contributed by atoms with Gasteiger partial charge in [-0.25, -0.2) is 0 Å². The summed E-state index contributed by atoms with van der Waals surface area (Å²) in [7, 11) is 0. The Kier molecular flexibility index (Phi) is 12.2. The molecule has 0 radical (unpaired) electrons. The van der Waals surface area contributed by atoms with E-state index in [4.69, 9.17) is 0 Å². The number of hydrogen-bond donors (Lipinski definition) is 1. The molecule has 0 fully saturated rings. The summed E-state index contributed by atoms with van der Waals surface area (Å²) in [5.74, 6) is -1.01. The molecule has 0 spiro atoms. The number of quaternary nitrogens is 1. The average molecular weight is 313 g/mol. The van der Waals surface area contributed by atoms with Crippen molar-refractivity contribution in [3.05, 3.63) is 12.7 Å². The fraction of sp³-hybridized carbons (Fsp3) is 0.833. The predicted molar refractivity (Wildman–Crippen MR) is 89.2 cm³/mol. The molecule has 1 atom stereocenters. The molecule has 0 aliphatic carbocycles. The van der Waals surface area contributed by atoms with Crippen LogP contribution in [0.1, 0.15) is 65.2 Å². The number of nitrogens with zero attached hydrogens (tertiary/aromatic N) is 1. The van der Waals surface area contributed by atoms with Crippen molar-refractivity contribution in [3.8, 4) is 0 Å². The maximum Gasteiger partial charge on any atom is 0.119 e. The summed E-state index contributed by atoms with van der Waals surface area (Å²) in [6.07, 6.45) is 9.20. The van der Waals surface area contributed by atoms with E-state index >= 15 is 0 Å². The summed E-state index contributed by atoms with van der Waals surface area (Å²) >= 11 is 0. The lowest BCUT2D eigenvalue weighted by Gasteiger charge is -2.40. The van der Waals surface area contributed by atoms with E-state index < -0.39 is 12.1 Å². The summed E-state index contributed by atoms with van der Waals surface area (Å²) in [6.45, 7) is 10.1. The first-order valence-corrected chi connectivity index (χ1v) is 8.83. The lowest BCUT2D eigenvalue weighted by atomic mass is 10.1. The van der Waals surface area contributed by atoms with E-state index in [9.17, 15) is 15.0 Å². The molecule has 0 aromatic heterocycles. The molecule has 0 aliphatic rings. The van der Waals surface area contributed by atoms with Crippen LogP contribution in [0.5, 0.6) is 0 Å². The Bertz CT molecular complexity index is 297. The first-order chi connectivity index (χ1) is 10.5. The molecule has 0 heterocycles. The van der Waals surface area contributed by atoms with Gasteiger partial charge in [-0.15, -0.1) is 6.58 Å². The number of carbonyl (C=O) groups is 1. The van der Waals surface area contributed by atoms with Gasteiger partial charge in [0.15, 0.2) is 0 Å². The molecule has 0 aromatic rings. The van der Waals surface area contributed by atoms with Crippen molar-refractivity contribution in [2.24, 2.45) is 0 Å². The van der Waals surface area contributed by atoms with Crippen molar-refractivity contribution >= 4 is 5.97 Å². The highest BCUT2D eigenvalue weighted by Crippen LogP contribution is 2.16. The van der Waals surface area contributed by atoms with Crippen LogP contribution in [0.3, 0.4) is 0 Å². The van der Waals surface area contributed by atoms with Crippen molar-refractivity contribution in [1.29, 1.82) is 0 Å². The normalized spacial score (nSPS) is 13.0. The molecule has 0 bridgehead atoms. The van der Waals surface area contributed by atoms with E-state index in [0.717, 1.165) is 64.5 Å². The van der Waals surface area contributed by atoms with Crippen LogP contribution in [-0.4, -0.2) is 47.8 Å². The molecular weight excluding hydrogens is 278 g/mol. The summed E-state index contributed by atoms with van der Waals surface area (Å²) < 4.78 is 0.465. The van der Waals surface area contributed by atoms with Crippen molar-refractivity contribution in [2.45, 2.75) is 71.3 Å². The minimum atomic E-state index is -1.01. The van der Waals surface area contributed by atoms with Gasteiger partial charge >= 0.3 is 0 Å². The van der Waals surface area contributed by atoms with Crippen LogP contribution in [0.15, 0.2) is 12.7 Å². The number of unbranched alkanes of at least 4 members (excludes halogenated alkanes) is 4. The number of rotatable bonds is 15. The Balaban J connectivity index is 4.68. The van der Waals surface area contributed by atoms with Crippen LogP contribution in [0.25, 0.3) is 0 Å². The molecule has 22 heavy (non-hydrogen) atoms. The highest BCUT2D eigenvalue weighted by Gasteiger charge is 2.29. The molecule has 4 heteroatoms. The lowest BCUT2D eigenvalue weighted by Crippen LogP contribution is -2.58. The molecule has 0 amide bonds. The molecule has 0 saturated carbocycles. The second-order valence-electron chi connectivity index (χ2n) is 6.44. The number of carbonyl (C=O) groups excluding carboxylic acids is 1. The second-order valence-corrected chi connectivity index (χ2v) is 6.44. The van der Waals surface area contributed by atoms with Crippen molar-refractivity contribution in [1.82, 2.24) is 0 Å². The van der Waals surface area contributed by atoms with Gasteiger partial charge in [-0.05, 0) is 32.1 Å². The van der Waals surface area contributed by atoms with Gasteiger partial charge in [0, 0.05) is 0 Å². The first kappa shape index (κ1) is 21.1. The third-order valence-corrected chi connectivity index (χ3v) is 4.23. The highest BCUT2D eigenvalue weighted by molar-refractivity contribution is 5.65. The number of hydrogen-bond acceptors (Lipinski definition) is 3. The molecule has 0 rings (SSSR count). The average Bonchev–Trinajstić information content (AvgIpc) is 2.47. The number of aliphatic carboxylic acids is 1. The molecule has 130 valence electrons. The monoisotopic (exact) mass is 313 g/mol. The summed E-state index contributed by atoms with van der Waals surface area (Å²) in [6, 6.07) is 0. The van der Waals surface area contributed by atoms with Gasteiger partial charge in [0.25, 0.3) is 0 Å². The van der Waals surface area contributed by atoms with E-state index in [2.05, 4.69) is 20.4 Å². The number of allylic oxidation sites excluding steroid dienone is 1. The van der Waals surface area contributed by atoms with E-state index in [-0.39, 0.29) is 6.54 Å². The Morgan fingerprint density at radius 1 is 1.18 bits per heavy atom. The van der Waals surface area contributed by atoms with Gasteiger partial charge < -0.3 is 19.5 Å². The summed E-state index contributed by atoms with van der Waals surface area (Å²) in [4.78, 5) is 11.2. The molecular formula is C18H35NO3. The first-order valence-electron chi connectivity index (χ1n) is 8.83. The minimum absolute atomic E-state index is 0.0176. The Morgan fingerprint density at radius 3 is 2.23 bits per heavy atom. The zero-order valence-corrected chi connectivity index (χ0v) is 14.6. The van der Waals surface area contributed by atoms with Crippen LogP contribution in [-0.2, 0) is 4.79 Å². The SMILES string of the molecule is C=CCCCCC(O)C[N+](CCCC)(CCCC)CC(=O)[O-]. The predicted octanol–water partition coefficient (Wildman–Crippen LogP) is 2.26. The molecule has 4 nitrogen and oxygen atoms in total. The van der Waals surface area contributed by atoms with E-state index in [1.54, 1.807) is 0 Å². The maximum absolute atomic E-state index is 11.2. The molecule has 0 aliphatic heterocycles. The molecule has 1 unspecified atom stereocenters. The third-order valence-electron chi connectivity index (χ3n) is 4.23. The smallest absolute Gasteiger partial charge is 0.119 e. The molecule has 1 N–H and O–H groups in total. The number of carboxylic acid groups (broad SMARTS) is 1. The molecule has 0 saturated heterocycles. The van der Waals surface area contributed by atoms with Crippen LogP contribution in [0.4, 0.5) is 0 Å². The van der Waals surface area contributed by atoms with Gasteiger partial charge in [-0.1, -0.05) is 39.2 Å². The van der Waals surface area contributed by atoms with Gasteiger partial charge in [-0.2, -0.15) is 0 Å². The van der Waals surface area contributed by atoms with E-state index in [0.29, 0.717) is 11.0 Å². The number of aliphatic hydroxyl groups is 1. The quantitative estimate of drug-likeness (QED) is 0.287. The van der Waals surface area contributed by atoms with Crippen LogP contribution < -0.4 is 5.11 Å². The standard InChI is InChI=1S/C18H35NO3/c1-4-7-10-11-12-17(20)15-19(13-8-5-2,14-9-6-3)16-18(21)22/h4,17,20H,1,5-16H2,2-3H3. The fourth-order valence-corrected chi connectivity index (χ4v) is 2.98. The summed E-state index contributed by atoms with van der Waals surface area (Å²) in [5, 5.41) is 21.5. The maximum atomic E-state index is 11.2. The minimum Gasteiger partial charge on any atom is -0.544 e. The Hall–Kier alpha value is -0.870. The largest absolute Gasteiger partial charge is 0.544 e. The second kappa shape index (κ2) is 12.7. The fourth-order valence-electron chi connectivity index (χ4n) is 2.98. The van der Waals surface area contributed by atoms with Gasteiger partial charge in [0.2, 0.25) is 0 Å². The third kappa shape index (κ3) is 9.96. The van der Waals surface area contributed by atoms with Crippen molar-refractivity contribution in [3.63, 3.8) is 0 Å². The lowest BCUT2D eigenvalue weighted by molar-refractivity contribution is -0.926. The topological polar surface area (TPSA) is 60.4 Å². The Labute approximate surface area is 136 Å². The zero-order valence-electron chi connectivity index (χ0n) is 14.6. The zero-order chi connectivity index (χ0) is 16.8. The van der Waals surface area contributed by atoms with E-state index in [1.165, 1.54) is 0 Å². The van der Waals surface area contributed by atoms with Crippen LogP contribution >= 0.6 is 0 Å². The highest BCUT2D eigenvalue weighted by atomic mass is 16.4. The Morgan fingerprint density at radius 2 is 1.77 bits per heavy atom. The van der Waals surface area contributed by atoms with Crippen LogP contribution in [0.2, 0.25) is 0 Å². The number of aliphatic hydroxyl groups excluding tert-OH is 1.